The van der Waals surface area contributed by atoms with Crippen LogP contribution in [0.5, 0.6) is 0 Å². The first-order chi connectivity index (χ1) is 8.89. The first-order valence-electron chi connectivity index (χ1n) is 6.92. The van der Waals surface area contributed by atoms with Crippen LogP contribution in [0.1, 0.15) is 33.6 Å². The Morgan fingerprint density at radius 2 is 2.16 bits per heavy atom. The summed E-state index contributed by atoms with van der Waals surface area (Å²) in [6, 6.07) is 0.747. The van der Waals surface area contributed by atoms with Gasteiger partial charge in [0.05, 0.1) is 0 Å². The molecule has 1 aromatic heterocycles. The van der Waals surface area contributed by atoms with Gasteiger partial charge in [0.2, 0.25) is 0 Å². The first kappa shape index (κ1) is 14.1. The van der Waals surface area contributed by atoms with Gasteiger partial charge < -0.3 is 14.8 Å². The highest BCUT2D eigenvalue weighted by atomic mass is 16.1. The van der Waals surface area contributed by atoms with E-state index in [1.54, 1.807) is 17.0 Å². The Labute approximate surface area is 114 Å². The number of nitrogens with one attached hydrogen (secondary N) is 1. The van der Waals surface area contributed by atoms with E-state index in [0.29, 0.717) is 5.82 Å². The van der Waals surface area contributed by atoms with Gasteiger partial charge in [0.25, 0.3) is 5.56 Å². The minimum Gasteiger partial charge on any atom is -0.364 e. The Kier molecular flexibility index (Phi) is 3.94. The van der Waals surface area contributed by atoms with Crippen LogP contribution in [0.25, 0.3) is 0 Å². The summed E-state index contributed by atoms with van der Waals surface area (Å²) in [6.07, 6.45) is 6.03. The molecule has 0 atom stereocenters. The summed E-state index contributed by atoms with van der Waals surface area (Å²) >= 11 is 0. The Morgan fingerprint density at radius 1 is 1.47 bits per heavy atom. The maximum absolute atomic E-state index is 12.3. The van der Waals surface area contributed by atoms with Gasteiger partial charge in [0.1, 0.15) is 0 Å². The fourth-order valence-electron chi connectivity index (χ4n) is 2.11. The van der Waals surface area contributed by atoms with Crippen molar-refractivity contribution in [2.24, 2.45) is 0 Å². The lowest BCUT2D eigenvalue weighted by molar-refractivity contribution is 0.337. The minimum atomic E-state index is -0.221. The van der Waals surface area contributed by atoms with E-state index in [-0.39, 0.29) is 11.1 Å². The second-order valence-corrected chi connectivity index (χ2v) is 6.26. The van der Waals surface area contributed by atoms with Crippen molar-refractivity contribution in [3.63, 3.8) is 0 Å². The molecule has 1 fully saturated rings. The lowest BCUT2D eigenvalue weighted by Gasteiger charge is -2.22. The average molecular weight is 264 g/mol. The number of likely N-dealkylation sites (N-methyl/N-ethyl adjacent to an activating group) is 1. The second kappa shape index (κ2) is 5.33. The largest absolute Gasteiger partial charge is 0.364 e. The zero-order chi connectivity index (χ0) is 14.0. The number of aromatic nitrogens is 2. The molecule has 19 heavy (non-hydrogen) atoms. The van der Waals surface area contributed by atoms with Crippen LogP contribution in [-0.2, 0) is 5.54 Å². The summed E-state index contributed by atoms with van der Waals surface area (Å²) in [5.41, 5.74) is -0.273. The Bertz CT molecular complexity index is 485. The molecule has 0 aromatic carbocycles. The molecule has 1 aliphatic carbocycles. The van der Waals surface area contributed by atoms with Crippen LogP contribution in [0.15, 0.2) is 17.2 Å². The second-order valence-electron chi connectivity index (χ2n) is 6.26. The van der Waals surface area contributed by atoms with Crippen molar-refractivity contribution >= 4 is 5.82 Å². The highest BCUT2D eigenvalue weighted by Crippen LogP contribution is 2.24. The third-order valence-corrected chi connectivity index (χ3v) is 3.49. The lowest BCUT2D eigenvalue weighted by atomic mass is 10.1. The molecular formula is C14H24N4O. The first-order valence-corrected chi connectivity index (χ1v) is 6.92. The Balaban J connectivity index is 1.98. The molecule has 1 N–H and O–H groups in total. The Morgan fingerprint density at radius 3 is 2.74 bits per heavy atom. The van der Waals surface area contributed by atoms with Gasteiger partial charge in [-0.25, -0.2) is 4.98 Å². The molecule has 106 valence electrons. The molecule has 1 aliphatic rings. The maximum atomic E-state index is 12.3. The van der Waals surface area contributed by atoms with Crippen molar-refractivity contribution in [3.8, 4) is 0 Å². The lowest BCUT2D eigenvalue weighted by Crippen LogP contribution is -2.36. The number of hydrogen-bond acceptors (Lipinski definition) is 4. The van der Waals surface area contributed by atoms with E-state index in [9.17, 15) is 4.79 Å². The fraction of sp³-hybridized carbons (Fsp3) is 0.714. The van der Waals surface area contributed by atoms with Gasteiger partial charge in [-0.05, 0) is 40.7 Å². The molecular weight excluding hydrogens is 240 g/mol. The molecule has 1 aromatic rings. The molecule has 0 spiro atoms. The summed E-state index contributed by atoms with van der Waals surface area (Å²) in [5, 5.41) is 3.15. The number of hydrogen-bond donors (Lipinski definition) is 1. The fourth-order valence-corrected chi connectivity index (χ4v) is 2.11. The highest BCUT2D eigenvalue weighted by molar-refractivity contribution is 5.31. The summed E-state index contributed by atoms with van der Waals surface area (Å²) in [5.74, 6) is 0.446. The monoisotopic (exact) mass is 264 g/mol. The number of anilines is 1. The molecule has 5 heteroatoms. The van der Waals surface area contributed by atoms with Crippen molar-refractivity contribution in [1.29, 1.82) is 0 Å². The SMILES string of the molecule is CN(CCNc1nccn(C(C)(C)C)c1=O)C1CC1. The predicted molar refractivity (Wildman–Crippen MR) is 77.6 cm³/mol. The molecule has 0 aliphatic heterocycles. The van der Waals surface area contributed by atoms with Crippen LogP contribution < -0.4 is 10.9 Å². The predicted octanol–water partition coefficient (Wildman–Crippen LogP) is 1.50. The molecule has 0 saturated heterocycles. The topological polar surface area (TPSA) is 50.2 Å². The van der Waals surface area contributed by atoms with Crippen molar-refractivity contribution in [3.05, 3.63) is 22.7 Å². The normalized spacial score (nSPS) is 15.8. The van der Waals surface area contributed by atoms with E-state index in [2.05, 4.69) is 22.2 Å². The van der Waals surface area contributed by atoms with E-state index in [0.717, 1.165) is 19.1 Å². The quantitative estimate of drug-likeness (QED) is 0.875. The third-order valence-electron chi connectivity index (χ3n) is 3.49. The van der Waals surface area contributed by atoms with Crippen LogP contribution in [-0.4, -0.2) is 40.6 Å². The molecule has 0 unspecified atom stereocenters. The van der Waals surface area contributed by atoms with Gasteiger partial charge in [-0.2, -0.15) is 0 Å². The van der Waals surface area contributed by atoms with Gasteiger partial charge >= 0.3 is 0 Å². The highest BCUT2D eigenvalue weighted by Gasteiger charge is 2.25. The van der Waals surface area contributed by atoms with Gasteiger partial charge in [-0.3, -0.25) is 4.79 Å². The number of rotatable bonds is 5. The standard InChI is InChI=1S/C14H24N4O/c1-14(2,3)18-10-8-16-12(13(18)19)15-7-9-17(4)11-5-6-11/h8,10-11H,5-7,9H2,1-4H3,(H,15,16). The van der Waals surface area contributed by atoms with Gasteiger partial charge in [0, 0.05) is 37.1 Å². The zero-order valence-electron chi connectivity index (χ0n) is 12.3. The van der Waals surface area contributed by atoms with E-state index < -0.39 is 0 Å². The van der Waals surface area contributed by atoms with Crippen molar-refractivity contribution in [2.75, 3.05) is 25.5 Å². The molecule has 2 rings (SSSR count). The van der Waals surface area contributed by atoms with E-state index in [1.165, 1.54) is 12.8 Å². The van der Waals surface area contributed by atoms with E-state index >= 15 is 0 Å². The molecule has 0 amide bonds. The zero-order valence-corrected chi connectivity index (χ0v) is 12.3. The van der Waals surface area contributed by atoms with Gasteiger partial charge in [-0.1, -0.05) is 0 Å². The Hall–Kier alpha value is -1.36. The van der Waals surface area contributed by atoms with Crippen LogP contribution in [0, 0.1) is 0 Å². The summed E-state index contributed by atoms with van der Waals surface area (Å²) < 4.78 is 1.72. The van der Waals surface area contributed by atoms with Crippen molar-refractivity contribution in [1.82, 2.24) is 14.5 Å². The van der Waals surface area contributed by atoms with Gasteiger partial charge in [-0.15, -0.1) is 0 Å². The molecule has 0 bridgehead atoms. The molecule has 0 radical (unpaired) electrons. The van der Waals surface area contributed by atoms with Crippen LogP contribution >= 0.6 is 0 Å². The van der Waals surface area contributed by atoms with E-state index in [4.69, 9.17) is 0 Å². The van der Waals surface area contributed by atoms with E-state index in [1.807, 2.05) is 20.8 Å². The average Bonchev–Trinajstić information content (AvgIpc) is 3.13. The van der Waals surface area contributed by atoms with Crippen molar-refractivity contribution < 1.29 is 0 Å². The van der Waals surface area contributed by atoms with Crippen LogP contribution in [0.4, 0.5) is 5.82 Å². The summed E-state index contributed by atoms with van der Waals surface area (Å²) in [7, 11) is 2.13. The smallest absolute Gasteiger partial charge is 0.293 e. The molecule has 1 saturated carbocycles. The molecule has 1 heterocycles. The molecule has 5 nitrogen and oxygen atoms in total. The third kappa shape index (κ3) is 3.56. The summed E-state index contributed by atoms with van der Waals surface area (Å²) in [4.78, 5) is 18.7. The maximum Gasteiger partial charge on any atom is 0.293 e. The van der Waals surface area contributed by atoms with Crippen LogP contribution in [0.3, 0.4) is 0 Å². The van der Waals surface area contributed by atoms with Crippen LogP contribution in [0.2, 0.25) is 0 Å². The summed E-state index contributed by atoms with van der Waals surface area (Å²) in [6.45, 7) is 7.73. The van der Waals surface area contributed by atoms with Crippen molar-refractivity contribution in [2.45, 2.75) is 45.2 Å². The van der Waals surface area contributed by atoms with Gasteiger partial charge in [0.15, 0.2) is 5.82 Å². The number of nitrogens with zero attached hydrogens (tertiary/aromatic N) is 3. The minimum absolute atomic E-state index is 0.0518.